The van der Waals surface area contributed by atoms with Gasteiger partial charge in [-0.2, -0.15) is 23.3 Å². The quantitative estimate of drug-likeness (QED) is 0.903. The van der Waals surface area contributed by atoms with E-state index in [1.54, 1.807) is 6.92 Å². The molecule has 0 aliphatic carbocycles. The zero-order valence-electron chi connectivity index (χ0n) is 9.31. The van der Waals surface area contributed by atoms with Crippen LogP contribution in [0.4, 0.5) is 19.1 Å². The number of nitrogens with one attached hydrogen (secondary N) is 1. The van der Waals surface area contributed by atoms with Crippen molar-refractivity contribution in [2.45, 2.75) is 13.1 Å². The topological polar surface area (TPSA) is 68.5 Å². The largest absolute Gasteiger partial charge is 0.433 e. The molecular formula is C9H9F3N6. The van der Waals surface area contributed by atoms with Crippen LogP contribution in [-0.4, -0.2) is 31.3 Å². The van der Waals surface area contributed by atoms with E-state index in [9.17, 15) is 13.2 Å². The first kappa shape index (κ1) is 12.3. The van der Waals surface area contributed by atoms with Crippen molar-refractivity contribution in [2.24, 2.45) is 0 Å². The minimum Gasteiger partial charge on any atom is -0.354 e. The summed E-state index contributed by atoms with van der Waals surface area (Å²) in [6.07, 6.45) is -2.07. The maximum absolute atomic E-state index is 12.7. The third kappa shape index (κ3) is 2.55. The fraction of sp³-hybridized carbons (Fsp3) is 0.333. The average molecular weight is 258 g/mol. The highest BCUT2D eigenvalue weighted by Crippen LogP contribution is 2.29. The van der Waals surface area contributed by atoms with E-state index in [2.05, 4.69) is 25.4 Å². The van der Waals surface area contributed by atoms with Crippen LogP contribution in [-0.2, 0) is 6.18 Å². The molecule has 18 heavy (non-hydrogen) atoms. The molecule has 0 atom stereocenters. The van der Waals surface area contributed by atoms with Crippen LogP contribution < -0.4 is 5.32 Å². The predicted molar refractivity (Wildman–Crippen MR) is 56.1 cm³/mol. The van der Waals surface area contributed by atoms with Gasteiger partial charge in [0.2, 0.25) is 5.95 Å². The molecule has 0 aliphatic heterocycles. The molecule has 2 heterocycles. The third-order valence-corrected chi connectivity index (χ3v) is 1.99. The molecule has 2 aromatic rings. The van der Waals surface area contributed by atoms with Crippen LogP contribution in [0.3, 0.4) is 0 Å². The molecule has 0 bridgehead atoms. The average Bonchev–Trinajstić information content (AvgIpc) is 2.81. The molecule has 0 aromatic carbocycles. The predicted octanol–water partition coefficient (Wildman–Crippen LogP) is 1.51. The Bertz CT molecular complexity index is 522. The Balaban J connectivity index is 2.50. The summed E-state index contributed by atoms with van der Waals surface area (Å²) >= 11 is 0. The van der Waals surface area contributed by atoms with Gasteiger partial charge in [-0.1, -0.05) is 0 Å². The lowest BCUT2D eigenvalue weighted by atomic mass is 10.4. The molecule has 0 amide bonds. The van der Waals surface area contributed by atoms with Crippen LogP contribution in [0.5, 0.6) is 0 Å². The van der Waals surface area contributed by atoms with E-state index in [4.69, 9.17) is 0 Å². The molecule has 0 fully saturated rings. The minimum atomic E-state index is -4.54. The summed E-state index contributed by atoms with van der Waals surface area (Å²) in [5, 5.41) is 6.37. The molecule has 2 aromatic heterocycles. The van der Waals surface area contributed by atoms with Gasteiger partial charge in [-0.05, 0) is 6.92 Å². The summed E-state index contributed by atoms with van der Waals surface area (Å²) in [6.45, 7) is 2.15. The number of alkyl halides is 3. The minimum absolute atomic E-state index is 0.00535. The van der Waals surface area contributed by atoms with Gasteiger partial charge in [0.05, 0.1) is 0 Å². The number of aromatic nitrogens is 5. The van der Waals surface area contributed by atoms with Crippen molar-refractivity contribution >= 4 is 5.95 Å². The number of anilines is 1. The summed E-state index contributed by atoms with van der Waals surface area (Å²) in [5.74, 6) is -0.0939. The van der Waals surface area contributed by atoms with E-state index in [1.165, 1.54) is 12.7 Å². The molecule has 0 saturated carbocycles. The standard InChI is InChI=1S/C9H9F3N6/c1-2-14-8-16-6(9(10,11)12)3-7(17-8)18-5-13-4-15-18/h3-5H,2H2,1H3,(H,14,16,17). The van der Waals surface area contributed by atoms with Crippen LogP contribution in [0.2, 0.25) is 0 Å². The van der Waals surface area contributed by atoms with Crippen LogP contribution in [0.25, 0.3) is 5.82 Å². The summed E-state index contributed by atoms with van der Waals surface area (Å²) in [7, 11) is 0. The second-order valence-electron chi connectivity index (χ2n) is 3.30. The van der Waals surface area contributed by atoms with Crippen molar-refractivity contribution < 1.29 is 13.2 Å². The Labute approximate surface area is 99.9 Å². The van der Waals surface area contributed by atoms with Crippen molar-refractivity contribution in [1.82, 2.24) is 24.7 Å². The lowest BCUT2D eigenvalue weighted by Crippen LogP contribution is -2.14. The van der Waals surface area contributed by atoms with Gasteiger partial charge in [-0.3, -0.25) is 0 Å². The number of hydrogen-bond acceptors (Lipinski definition) is 5. The molecule has 6 nitrogen and oxygen atoms in total. The van der Waals surface area contributed by atoms with Gasteiger partial charge in [-0.15, -0.1) is 0 Å². The summed E-state index contributed by atoms with van der Waals surface area (Å²) in [6, 6.07) is 0.815. The van der Waals surface area contributed by atoms with Gasteiger partial charge in [-0.25, -0.2) is 14.6 Å². The van der Waals surface area contributed by atoms with Crippen molar-refractivity contribution in [3.05, 3.63) is 24.4 Å². The van der Waals surface area contributed by atoms with E-state index in [0.717, 1.165) is 10.7 Å². The van der Waals surface area contributed by atoms with Crippen molar-refractivity contribution in [3.8, 4) is 5.82 Å². The van der Waals surface area contributed by atoms with Crippen LogP contribution >= 0.6 is 0 Å². The van der Waals surface area contributed by atoms with E-state index in [-0.39, 0.29) is 11.8 Å². The summed E-state index contributed by atoms with van der Waals surface area (Å²) in [5.41, 5.74) is -1.03. The van der Waals surface area contributed by atoms with E-state index < -0.39 is 11.9 Å². The van der Waals surface area contributed by atoms with E-state index >= 15 is 0 Å². The van der Waals surface area contributed by atoms with Crippen LogP contribution in [0.1, 0.15) is 12.6 Å². The third-order valence-electron chi connectivity index (χ3n) is 1.99. The van der Waals surface area contributed by atoms with Crippen LogP contribution in [0, 0.1) is 0 Å². The molecule has 96 valence electrons. The number of nitrogens with zero attached hydrogens (tertiary/aromatic N) is 5. The zero-order valence-corrected chi connectivity index (χ0v) is 9.31. The van der Waals surface area contributed by atoms with Gasteiger partial charge >= 0.3 is 6.18 Å². The number of halogens is 3. The van der Waals surface area contributed by atoms with Crippen molar-refractivity contribution in [2.75, 3.05) is 11.9 Å². The first-order chi connectivity index (χ1) is 8.50. The number of rotatable bonds is 3. The lowest BCUT2D eigenvalue weighted by Gasteiger charge is -2.10. The molecule has 0 saturated heterocycles. The summed E-state index contributed by atoms with van der Waals surface area (Å²) in [4.78, 5) is 11.0. The highest BCUT2D eigenvalue weighted by molar-refractivity contribution is 5.35. The zero-order chi connectivity index (χ0) is 13.2. The highest BCUT2D eigenvalue weighted by Gasteiger charge is 2.34. The highest BCUT2D eigenvalue weighted by atomic mass is 19.4. The molecule has 0 unspecified atom stereocenters. The van der Waals surface area contributed by atoms with Gasteiger partial charge < -0.3 is 5.32 Å². The maximum atomic E-state index is 12.7. The Hall–Kier alpha value is -2.19. The van der Waals surface area contributed by atoms with Crippen LogP contribution in [0.15, 0.2) is 18.7 Å². The molecular weight excluding hydrogens is 249 g/mol. The van der Waals surface area contributed by atoms with E-state index in [0.29, 0.717) is 6.54 Å². The molecule has 0 spiro atoms. The normalized spacial score (nSPS) is 11.6. The van der Waals surface area contributed by atoms with Gasteiger partial charge in [0.25, 0.3) is 0 Å². The Morgan fingerprint density at radius 1 is 1.33 bits per heavy atom. The Morgan fingerprint density at radius 2 is 2.11 bits per heavy atom. The molecule has 1 N–H and O–H groups in total. The Morgan fingerprint density at radius 3 is 2.67 bits per heavy atom. The van der Waals surface area contributed by atoms with Crippen molar-refractivity contribution in [1.29, 1.82) is 0 Å². The fourth-order valence-electron chi connectivity index (χ4n) is 1.26. The fourth-order valence-corrected chi connectivity index (χ4v) is 1.26. The van der Waals surface area contributed by atoms with Gasteiger partial charge in [0.1, 0.15) is 12.7 Å². The second kappa shape index (κ2) is 4.59. The first-order valence-electron chi connectivity index (χ1n) is 5.06. The van der Waals surface area contributed by atoms with Crippen molar-refractivity contribution in [3.63, 3.8) is 0 Å². The second-order valence-corrected chi connectivity index (χ2v) is 3.30. The smallest absolute Gasteiger partial charge is 0.354 e. The molecule has 9 heteroatoms. The first-order valence-corrected chi connectivity index (χ1v) is 5.06. The SMILES string of the molecule is CCNc1nc(-n2cncn2)cc(C(F)(F)F)n1. The van der Waals surface area contributed by atoms with E-state index in [1.807, 2.05) is 0 Å². The monoisotopic (exact) mass is 258 g/mol. The molecule has 0 radical (unpaired) electrons. The van der Waals surface area contributed by atoms with Gasteiger partial charge in [0, 0.05) is 12.6 Å². The Kier molecular flexibility index (Phi) is 3.13. The molecule has 0 aliphatic rings. The lowest BCUT2D eigenvalue weighted by molar-refractivity contribution is -0.141. The molecule has 2 rings (SSSR count). The summed E-state index contributed by atoms with van der Waals surface area (Å²) < 4.78 is 39.1. The number of hydrogen-bond donors (Lipinski definition) is 1. The van der Waals surface area contributed by atoms with Gasteiger partial charge in [0.15, 0.2) is 11.5 Å². The maximum Gasteiger partial charge on any atom is 0.433 e.